The van der Waals surface area contributed by atoms with Gasteiger partial charge in [-0.05, 0) is 5.92 Å². The van der Waals surface area contributed by atoms with Crippen LogP contribution in [0.2, 0.25) is 0 Å². The minimum Gasteiger partial charge on any atom is -0.396 e. The second kappa shape index (κ2) is 6.03. The van der Waals surface area contributed by atoms with Crippen LogP contribution >= 0.6 is 11.8 Å². The van der Waals surface area contributed by atoms with Gasteiger partial charge in [-0.3, -0.25) is 0 Å². The Morgan fingerprint density at radius 3 is 2.93 bits per heavy atom. The fourth-order valence-electron chi connectivity index (χ4n) is 1.01. The normalized spacial score (nSPS) is 11.1. The number of hydrogen-bond donors (Lipinski definition) is 1. The van der Waals surface area contributed by atoms with Crippen LogP contribution in [-0.2, 0) is 12.2 Å². The van der Waals surface area contributed by atoms with Crippen LogP contribution in [-0.4, -0.2) is 27.6 Å². The molecule has 0 aliphatic carbocycles. The van der Waals surface area contributed by atoms with Crippen molar-refractivity contribution in [3.05, 3.63) is 11.7 Å². The van der Waals surface area contributed by atoms with Gasteiger partial charge in [-0.15, -0.1) is 0 Å². The number of nitrogens with zero attached hydrogens (tertiary/aromatic N) is 2. The molecule has 0 amide bonds. The Kier molecular flexibility index (Phi) is 4.97. The zero-order chi connectivity index (χ0) is 10.4. The Morgan fingerprint density at radius 1 is 1.50 bits per heavy atom. The molecule has 0 unspecified atom stereocenters. The number of thioether (sulfide) groups is 1. The maximum Gasteiger partial charge on any atom is 0.226 e. The summed E-state index contributed by atoms with van der Waals surface area (Å²) in [6.07, 6.45) is 0.831. The van der Waals surface area contributed by atoms with Gasteiger partial charge in [0, 0.05) is 12.2 Å². The maximum absolute atomic E-state index is 8.58. The quantitative estimate of drug-likeness (QED) is 0.730. The molecule has 0 aromatic carbocycles. The minimum atomic E-state index is 0.196. The van der Waals surface area contributed by atoms with Gasteiger partial charge in [-0.2, -0.15) is 16.7 Å². The molecule has 0 spiro atoms. The summed E-state index contributed by atoms with van der Waals surface area (Å²) in [6, 6.07) is 0. The van der Waals surface area contributed by atoms with Gasteiger partial charge in [0.1, 0.15) is 0 Å². The predicted molar refractivity (Wildman–Crippen MR) is 56.1 cm³/mol. The number of aliphatic hydroxyl groups is 1. The Labute approximate surface area is 88.1 Å². The molecule has 80 valence electrons. The molecule has 0 aliphatic rings. The minimum absolute atomic E-state index is 0.196. The zero-order valence-corrected chi connectivity index (χ0v) is 9.38. The number of aliphatic hydroxyl groups excluding tert-OH is 1. The molecule has 1 N–H and O–H groups in total. The molecule has 0 aliphatic heterocycles. The first-order chi connectivity index (χ1) is 6.72. The lowest BCUT2D eigenvalue weighted by molar-refractivity contribution is 0.322. The van der Waals surface area contributed by atoms with Crippen LogP contribution in [0.3, 0.4) is 0 Å². The predicted octanol–water partition coefficient (Wildman–Crippen LogP) is 1.49. The topological polar surface area (TPSA) is 59.2 Å². The van der Waals surface area contributed by atoms with E-state index in [9.17, 15) is 0 Å². The van der Waals surface area contributed by atoms with Crippen LogP contribution in [0, 0.1) is 5.92 Å². The van der Waals surface area contributed by atoms with E-state index in [2.05, 4.69) is 24.0 Å². The van der Waals surface area contributed by atoms with Crippen molar-refractivity contribution < 1.29 is 9.63 Å². The lowest BCUT2D eigenvalue weighted by atomic mass is 10.1. The Balaban J connectivity index is 2.35. The molecule has 0 bridgehead atoms. The molecular weight excluding hydrogens is 200 g/mol. The number of rotatable bonds is 6. The van der Waals surface area contributed by atoms with Crippen LogP contribution < -0.4 is 0 Å². The van der Waals surface area contributed by atoms with Crippen LogP contribution in [0.4, 0.5) is 0 Å². The molecule has 0 fully saturated rings. The first-order valence-corrected chi connectivity index (χ1v) is 5.88. The smallest absolute Gasteiger partial charge is 0.226 e. The average molecular weight is 216 g/mol. The van der Waals surface area contributed by atoms with E-state index in [1.807, 2.05) is 0 Å². The van der Waals surface area contributed by atoms with E-state index in [0.717, 1.165) is 12.2 Å². The van der Waals surface area contributed by atoms with Gasteiger partial charge in [0.2, 0.25) is 5.89 Å². The summed E-state index contributed by atoms with van der Waals surface area (Å²) in [7, 11) is 0. The summed E-state index contributed by atoms with van der Waals surface area (Å²) >= 11 is 1.60. The summed E-state index contributed by atoms with van der Waals surface area (Å²) in [4.78, 5) is 4.24. The summed E-state index contributed by atoms with van der Waals surface area (Å²) in [6.45, 7) is 4.43. The van der Waals surface area contributed by atoms with E-state index < -0.39 is 0 Å². The van der Waals surface area contributed by atoms with Crippen molar-refractivity contribution in [1.29, 1.82) is 0 Å². The lowest BCUT2D eigenvalue weighted by Gasteiger charge is -1.96. The SMILES string of the molecule is CC(C)Cc1nc(CSCCO)no1. The summed E-state index contributed by atoms with van der Waals surface area (Å²) in [5, 5.41) is 12.4. The molecule has 14 heavy (non-hydrogen) atoms. The molecular formula is C9H16N2O2S. The van der Waals surface area contributed by atoms with E-state index in [1.54, 1.807) is 11.8 Å². The Bertz CT molecular complexity index is 263. The van der Waals surface area contributed by atoms with Gasteiger partial charge in [0.15, 0.2) is 5.82 Å². The highest BCUT2D eigenvalue weighted by Crippen LogP contribution is 2.10. The summed E-state index contributed by atoms with van der Waals surface area (Å²) in [5.74, 6) is 3.39. The van der Waals surface area contributed by atoms with Crippen molar-refractivity contribution in [2.24, 2.45) is 5.92 Å². The van der Waals surface area contributed by atoms with Crippen LogP contribution in [0.5, 0.6) is 0 Å². The van der Waals surface area contributed by atoms with Crippen LogP contribution in [0.1, 0.15) is 25.6 Å². The van der Waals surface area contributed by atoms with Crippen molar-refractivity contribution in [3.8, 4) is 0 Å². The van der Waals surface area contributed by atoms with Crippen molar-refractivity contribution in [3.63, 3.8) is 0 Å². The molecule has 0 saturated carbocycles. The fraction of sp³-hybridized carbons (Fsp3) is 0.778. The van der Waals surface area contributed by atoms with Gasteiger partial charge < -0.3 is 9.63 Å². The van der Waals surface area contributed by atoms with Gasteiger partial charge >= 0.3 is 0 Å². The van der Waals surface area contributed by atoms with Crippen LogP contribution in [0.15, 0.2) is 4.52 Å². The number of hydrogen-bond acceptors (Lipinski definition) is 5. The monoisotopic (exact) mass is 216 g/mol. The molecule has 1 aromatic rings. The summed E-state index contributed by atoms with van der Waals surface area (Å²) in [5.41, 5.74) is 0. The summed E-state index contributed by atoms with van der Waals surface area (Å²) < 4.78 is 5.07. The second-order valence-electron chi connectivity index (χ2n) is 3.48. The van der Waals surface area contributed by atoms with Gasteiger partial charge in [-0.25, -0.2) is 0 Å². The fourth-order valence-corrected chi connectivity index (χ4v) is 1.58. The van der Waals surface area contributed by atoms with Gasteiger partial charge in [0.25, 0.3) is 0 Å². The standard InChI is InChI=1S/C9H16N2O2S/c1-7(2)5-9-10-8(11-13-9)6-14-4-3-12/h7,12H,3-6H2,1-2H3. The van der Waals surface area contributed by atoms with Crippen molar-refractivity contribution in [2.75, 3.05) is 12.4 Å². The average Bonchev–Trinajstić information content (AvgIpc) is 2.52. The Morgan fingerprint density at radius 2 is 2.29 bits per heavy atom. The van der Waals surface area contributed by atoms with E-state index >= 15 is 0 Å². The highest BCUT2D eigenvalue weighted by atomic mass is 32.2. The van der Waals surface area contributed by atoms with Crippen molar-refractivity contribution in [2.45, 2.75) is 26.0 Å². The Hall–Kier alpha value is -0.550. The lowest BCUT2D eigenvalue weighted by Crippen LogP contribution is -1.94. The van der Waals surface area contributed by atoms with Crippen molar-refractivity contribution >= 4 is 11.8 Å². The first kappa shape index (κ1) is 11.5. The molecule has 0 radical (unpaired) electrons. The number of aromatic nitrogens is 2. The highest BCUT2D eigenvalue weighted by molar-refractivity contribution is 7.98. The molecule has 0 atom stereocenters. The largest absolute Gasteiger partial charge is 0.396 e. The van der Waals surface area contributed by atoms with E-state index in [-0.39, 0.29) is 6.61 Å². The molecule has 4 nitrogen and oxygen atoms in total. The van der Waals surface area contributed by atoms with E-state index in [4.69, 9.17) is 9.63 Å². The maximum atomic E-state index is 8.58. The highest BCUT2D eigenvalue weighted by Gasteiger charge is 2.07. The molecule has 1 rings (SSSR count). The molecule has 1 heterocycles. The molecule has 5 heteroatoms. The third kappa shape index (κ3) is 4.11. The first-order valence-electron chi connectivity index (χ1n) is 4.72. The third-order valence-corrected chi connectivity index (χ3v) is 2.49. The van der Waals surface area contributed by atoms with Gasteiger partial charge in [-0.1, -0.05) is 19.0 Å². The van der Waals surface area contributed by atoms with Crippen LogP contribution in [0.25, 0.3) is 0 Å². The van der Waals surface area contributed by atoms with Gasteiger partial charge in [0.05, 0.1) is 12.4 Å². The van der Waals surface area contributed by atoms with E-state index in [0.29, 0.717) is 23.3 Å². The zero-order valence-electron chi connectivity index (χ0n) is 8.56. The second-order valence-corrected chi connectivity index (χ2v) is 4.58. The molecule has 0 saturated heterocycles. The van der Waals surface area contributed by atoms with Crippen molar-refractivity contribution in [1.82, 2.24) is 10.1 Å². The molecule has 1 aromatic heterocycles. The third-order valence-electron chi connectivity index (χ3n) is 1.56. The van der Waals surface area contributed by atoms with E-state index in [1.165, 1.54) is 0 Å².